The molecule has 1 atom stereocenters. The lowest BCUT2D eigenvalue weighted by Crippen LogP contribution is -2.42. The van der Waals surface area contributed by atoms with Crippen molar-refractivity contribution in [2.45, 2.75) is 57.1 Å². The van der Waals surface area contributed by atoms with Crippen molar-refractivity contribution >= 4 is 23.6 Å². The molecule has 1 aliphatic rings. The minimum Gasteiger partial charge on any atom is -0.508 e. The quantitative estimate of drug-likeness (QED) is 0.159. The fourth-order valence-electron chi connectivity index (χ4n) is 5.33. The highest BCUT2D eigenvalue weighted by atomic mass is 16.6. The molecule has 4 rings (SSSR count). The van der Waals surface area contributed by atoms with Crippen LogP contribution in [-0.4, -0.2) is 72.8 Å². The zero-order valence-electron chi connectivity index (χ0n) is 25.8. The molecule has 3 aromatic carbocycles. The predicted molar refractivity (Wildman–Crippen MR) is 176 cm³/mol. The zero-order valence-corrected chi connectivity index (χ0v) is 25.8. The van der Waals surface area contributed by atoms with Crippen LogP contribution in [0, 0.1) is 0 Å². The fourth-order valence-corrected chi connectivity index (χ4v) is 5.33. The number of rotatable bonds is 15. The summed E-state index contributed by atoms with van der Waals surface area (Å²) in [6, 6.07) is 23.6. The van der Waals surface area contributed by atoms with Crippen molar-refractivity contribution < 1.29 is 24.2 Å². The number of nitrogens with two attached hydrogens (primary N) is 1. The molecule has 0 radical (unpaired) electrons. The first kappa shape index (κ1) is 33.5. The molecule has 10 nitrogen and oxygen atoms in total. The minimum atomic E-state index is -0.639. The normalized spacial score (nSPS) is 14.3. The second-order valence-electron chi connectivity index (χ2n) is 11.4. The molecule has 1 heterocycles. The Hall–Kier alpha value is -4.41. The molecule has 1 fully saturated rings. The molecule has 240 valence electrons. The van der Waals surface area contributed by atoms with Gasteiger partial charge in [0, 0.05) is 44.7 Å². The number of carbonyl (C=O) groups excluding carboxylic acids is 3. The molecule has 0 spiro atoms. The summed E-state index contributed by atoms with van der Waals surface area (Å²) in [5.41, 5.74) is 9.57. The summed E-state index contributed by atoms with van der Waals surface area (Å²) in [6.07, 6.45) is 4.22. The Balaban J connectivity index is 1.01. The van der Waals surface area contributed by atoms with Crippen molar-refractivity contribution in [1.82, 2.24) is 15.5 Å². The minimum absolute atomic E-state index is 0.0262. The van der Waals surface area contributed by atoms with Crippen molar-refractivity contribution in [3.8, 4) is 16.9 Å². The van der Waals surface area contributed by atoms with Crippen molar-refractivity contribution in [2.75, 3.05) is 38.0 Å². The summed E-state index contributed by atoms with van der Waals surface area (Å²) in [4.78, 5) is 39.4. The van der Waals surface area contributed by atoms with E-state index in [1.165, 1.54) is 0 Å². The van der Waals surface area contributed by atoms with Gasteiger partial charge in [0.05, 0.1) is 11.7 Å². The molecule has 3 amide bonds. The van der Waals surface area contributed by atoms with E-state index in [9.17, 15) is 19.5 Å². The van der Waals surface area contributed by atoms with Crippen molar-refractivity contribution in [1.29, 1.82) is 0 Å². The summed E-state index contributed by atoms with van der Waals surface area (Å²) in [7, 11) is 0. The smallest absolute Gasteiger partial charge is 0.411 e. The van der Waals surface area contributed by atoms with Crippen molar-refractivity contribution in [3.63, 3.8) is 0 Å². The van der Waals surface area contributed by atoms with E-state index in [1.807, 2.05) is 54.6 Å². The molecule has 3 aromatic rings. The van der Waals surface area contributed by atoms with E-state index in [-0.39, 0.29) is 23.7 Å². The number of phenolic OH excluding ortho intramolecular Hbond substituents is 1. The second kappa shape index (κ2) is 17.8. The number of para-hydroxylation sites is 1. The summed E-state index contributed by atoms with van der Waals surface area (Å²) < 4.78 is 5.71. The number of piperidine rings is 1. The molecule has 45 heavy (non-hydrogen) atoms. The first-order valence-corrected chi connectivity index (χ1v) is 15.8. The van der Waals surface area contributed by atoms with Gasteiger partial charge in [-0.15, -0.1) is 0 Å². The third-order valence-corrected chi connectivity index (χ3v) is 7.92. The van der Waals surface area contributed by atoms with Gasteiger partial charge in [-0.3, -0.25) is 14.9 Å². The molecule has 0 aliphatic carbocycles. The van der Waals surface area contributed by atoms with E-state index in [0.717, 1.165) is 61.9 Å². The van der Waals surface area contributed by atoms with Crippen LogP contribution in [0.2, 0.25) is 0 Å². The monoisotopic (exact) mass is 615 g/mol. The Bertz CT molecular complexity index is 1360. The summed E-state index contributed by atoms with van der Waals surface area (Å²) in [5.74, 6) is 0.0127. The highest BCUT2D eigenvalue weighted by molar-refractivity contribution is 5.91. The first-order chi connectivity index (χ1) is 21.9. The topological polar surface area (TPSA) is 146 Å². The molecular weight excluding hydrogens is 570 g/mol. The summed E-state index contributed by atoms with van der Waals surface area (Å²) in [6.45, 7) is 3.36. The van der Waals surface area contributed by atoms with Crippen LogP contribution in [0.3, 0.4) is 0 Å². The standard InChI is InChI=1S/C35H45N5O5/c36-31(25-26-13-15-28(41)16-14-26)34(43)38-21-8-2-7-20-37-33(42)19-24-40-22-17-29(18-23-40)45-35(44)39-32-12-6-5-11-30(32)27-9-3-1-4-10-27/h1,3-6,9-16,29,31,41H,2,7-8,17-25,36H2,(H,37,42)(H,38,43)(H,39,44). The Labute approximate surface area is 265 Å². The third kappa shape index (κ3) is 11.6. The van der Waals surface area contributed by atoms with Crippen LogP contribution in [-0.2, 0) is 20.7 Å². The average molecular weight is 616 g/mol. The molecule has 1 saturated heterocycles. The maximum Gasteiger partial charge on any atom is 0.411 e. The molecular formula is C35H45N5O5. The Morgan fingerprint density at radius 2 is 1.53 bits per heavy atom. The lowest BCUT2D eigenvalue weighted by Gasteiger charge is -2.31. The second-order valence-corrected chi connectivity index (χ2v) is 11.4. The Kier molecular flexibility index (Phi) is 13.2. The number of nitrogens with zero attached hydrogens (tertiary/aromatic N) is 1. The summed E-state index contributed by atoms with van der Waals surface area (Å²) >= 11 is 0. The van der Waals surface area contributed by atoms with E-state index >= 15 is 0 Å². The molecule has 1 aliphatic heterocycles. The molecule has 6 N–H and O–H groups in total. The zero-order chi connectivity index (χ0) is 31.9. The number of carbonyl (C=O) groups is 3. The number of unbranched alkanes of at least 4 members (excludes halogenated alkanes) is 2. The predicted octanol–water partition coefficient (Wildman–Crippen LogP) is 4.43. The van der Waals surface area contributed by atoms with Crippen LogP contribution in [0.4, 0.5) is 10.5 Å². The molecule has 0 aromatic heterocycles. The van der Waals surface area contributed by atoms with Gasteiger partial charge in [0.1, 0.15) is 11.9 Å². The van der Waals surface area contributed by atoms with Gasteiger partial charge in [-0.05, 0) is 67.9 Å². The number of ether oxygens (including phenoxy) is 1. The van der Waals surface area contributed by atoms with E-state index < -0.39 is 12.1 Å². The van der Waals surface area contributed by atoms with Gasteiger partial charge in [-0.1, -0.05) is 60.7 Å². The van der Waals surface area contributed by atoms with E-state index in [0.29, 0.717) is 38.2 Å². The van der Waals surface area contributed by atoms with Gasteiger partial charge in [0.15, 0.2) is 0 Å². The molecule has 0 saturated carbocycles. The number of phenols is 1. The number of benzene rings is 3. The molecule has 1 unspecified atom stereocenters. The third-order valence-electron chi connectivity index (χ3n) is 7.92. The van der Waals surface area contributed by atoms with Gasteiger partial charge < -0.3 is 31.1 Å². The molecule has 0 bridgehead atoms. The van der Waals surface area contributed by atoms with E-state index in [4.69, 9.17) is 10.5 Å². The van der Waals surface area contributed by atoms with Crippen molar-refractivity contribution in [2.24, 2.45) is 5.73 Å². The number of hydrogen-bond acceptors (Lipinski definition) is 7. The number of amides is 3. The van der Waals surface area contributed by atoms with Gasteiger partial charge in [0.2, 0.25) is 11.8 Å². The largest absolute Gasteiger partial charge is 0.508 e. The van der Waals surface area contributed by atoms with Crippen LogP contribution in [0.1, 0.15) is 44.1 Å². The Morgan fingerprint density at radius 1 is 0.867 bits per heavy atom. The highest BCUT2D eigenvalue weighted by Gasteiger charge is 2.23. The van der Waals surface area contributed by atoms with Gasteiger partial charge in [0.25, 0.3) is 0 Å². The maximum absolute atomic E-state index is 12.6. The highest BCUT2D eigenvalue weighted by Crippen LogP contribution is 2.28. The number of nitrogens with one attached hydrogen (secondary N) is 3. The van der Waals surface area contributed by atoms with Crippen molar-refractivity contribution in [3.05, 3.63) is 84.4 Å². The average Bonchev–Trinajstić information content (AvgIpc) is 3.05. The van der Waals surface area contributed by atoms with E-state index in [1.54, 1.807) is 24.3 Å². The van der Waals surface area contributed by atoms with Crippen LogP contribution >= 0.6 is 0 Å². The van der Waals surface area contributed by atoms with Gasteiger partial charge in [-0.2, -0.15) is 0 Å². The fraction of sp³-hybridized carbons (Fsp3) is 0.400. The Morgan fingerprint density at radius 3 is 2.27 bits per heavy atom. The van der Waals surface area contributed by atoms with Crippen LogP contribution in [0.5, 0.6) is 5.75 Å². The lowest BCUT2D eigenvalue weighted by atomic mass is 10.0. The number of likely N-dealkylation sites (tertiary alicyclic amines) is 1. The number of aromatic hydroxyl groups is 1. The van der Waals surface area contributed by atoms with Crippen LogP contribution in [0.15, 0.2) is 78.9 Å². The van der Waals surface area contributed by atoms with E-state index in [2.05, 4.69) is 20.9 Å². The lowest BCUT2D eigenvalue weighted by molar-refractivity contribution is -0.122. The SMILES string of the molecule is NC(Cc1ccc(O)cc1)C(=O)NCCCCCNC(=O)CCN1CCC(OC(=O)Nc2ccccc2-c2ccccc2)CC1. The number of hydrogen-bond donors (Lipinski definition) is 5. The van der Waals surface area contributed by atoms with Gasteiger partial charge >= 0.3 is 6.09 Å². The van der Waals surface area contributed by atoms with Crippen LogP contribution in [0.25, 0.3) is 11.1 Å². The first-order valence-electron chi connectivity index (χ1n) is 15.8. The molecule has 10 heteroatoms. The van der Waals surface area contributed by atoms with Crippen LogP contribution < -0.4 is 21.7 Å². The number of anilines is 1. The maximum atomic E-state index is 12.6. The summed E-state index contributed by atoms with van der Waals surface area (Å²) in [5, 5.41) is 18.1. The van der Waals surface area contributed by atoms with Gasteiger partial charge in [-0.25, -0.2) is 4.79 Å².